The van der Waals surface area contributed by atoms with Gasteiger partial charge in [0.15, 0.2) is 0 Å². The second-order valence-corrected chi connectivity index (χ2v) is 9.33. The summed E-state index contributed by atoms with van der Waals surface area (Å²) < 4.78 is 14.1. The second kappa shape index (κ2) is 9.78. The Morgan fingerprint density at radius 2 is 1.60 bits per heavy atom. The molecule has 0 N–H and O–H groups in total. The largest absolute Gasteiger partial charge is 2.00 e. The van der Waals surface area contributed by atoms with Crippen molar-refractivity contribution in [3.8, 4) is 39.7 Å². The quantitative estimate of drug-likeness (QED) is 0.173. The summed E-state index contributed by atoms with van der Waals surface area (Å²) in [5, 5.41) is 2.21. The predicted molar refractivity (Wildman–Crippen MR) is 152 cm³/mol. The van der Waals surface area contributed by atoms with Crippen LogP contribution in [0.1, 0.15) is 0 Å². The number of nitrogens with zero attached hydrogens (tertiary/aromatic N) is 3. The maximum atomic E-state index is 6.09. The van der Waals surface area contributed by atoms with Crippen molar-refractivity contribution in [2.75, 3.05) is 0 Å². The van der Waals surface area contributed by atoms with Crippen LogP contribution in [0.2, 0.25) is 0 Å². The number of fused-ring (bicyclic) bond motifs is 4. The Morgan fingerprint density at radius 3 is 2.45 bits per heavy atom. The van der Waals surface area contributed by atoms with Crippen molar-refractivity contribution in [2.45, 2.75) is 0 Å². The van der Waals surface area contributed by atoms with E-state index in [-0.39, 0.29) is 21.1 Å². The summed E-state index contributed by atoms with van der Waals surface area (Å²) in [4.78, 5) is 9.31. The molecule has 6 heteroatoms. The second-order valence-electron chi connectivity index (χ2n) is 9.33. The third-order valence-electron chi connectivity index (χ3n) is 6.95. The molecule has 0 bridgehead atoms. The fraction of sp³-hybridized carbons (Fsp3) is 0. The van der Waals surface area contributed by atoms with Gasteiger partial charge in [-0.3, -0.25) is 4.98 Å². The van der Waals surface area contributed by atoms with Gasteiger partial charge in [-0.2, -0.15) is 0 Å². The van der Waals surface area contributed by atoms with Gasteiger partial charge in [0.25, 0.3) is 0 Å². The van der Waals surface area contributed by atoms with Crippen molar-refractivity contribution < 1.29 is 29.9 Å². The fourth-order valence-electron chi connectivity index (χ4n) is 5.18. The Morgan fingerprint density at radius 1 is 0.725 bits per heavy atom. The number of pyridine rings is 1. The summed E-state index contributed by atoms with van der Waals surface area (Å²) >= 11 is 0. The van der Waals surface area contributed by atoms with Crippen LogP contribution in [0.4, 0.5) is 0 Å². The van der Waals surface area contributed by atoms with E-state index >= 15 is 0 Å². The molecule has 192 valence electrons. The fourth-order valence-corrected chi connectivity index (χ4v) is 5.18. The monoisotopic (exact) mass is 696 g/mol. The minimum absolute atomic E-state index is 0. The third-order valence-corrected chi connectivity index (χ3v) is 6.95. The smallest absolute Gasteiger partial charge is 0.481 e. The Hall–Kier alpha value is -4.73. The zero-order valence-corrected chi connectivity index (χ0v) is 23.2. The number of hydrogen-bond donors (Lipinski definition) is 0. The summed E-state index contributed by atoms with van der Waals surface area (Å²) in [5.74, 6) is 1.32. The molecule has 0 aliphatic rings. The van der Waals surface area contributed by atoms with Gasteiger partial charge in [0, 0.05) is 11.7 Å². The SMILES string of the molecule is [Pt+2].[c-]1c(-c2ccccn2)cc(-c2ccco2)cc1-n1c2[c-]c(-c3nc4ccccc4o3)ccc2c2ccccc21. The van der Waals surface area contributed by atoms with E-state index in [2.05, 4.69) is 64.1 Å². The molecule has 0 unspecified atom stereocenters. The maximum Gasteiger partial charge on any atom is 2.00 e. The molecule has 0 aliphatic carbocycles. The Labute approximate surface area is 244 Å². The Kier molecular flexibility index (Phi) is 5.95. The number of aromatic nitrogens is 3. The van der Waals surface area contributed by atoms with Gasteiger partial charge in [-0.1, -0.05) is 59.0 Å². The molecule has 4 aromatic heterocycles. The molecule has 40 heavy (non-hydrogen) atoms. The molecule has 0 saturated heterocycles. The predicted octanol–water partition coefficient (Wildman–Crippen LogP) is 8.51. The molecule has 4 aromatic carbocycles. The van der Waals surface area contributed by atoms with Gasteiger partial charge in [-0.05, 0) is 58.7 Å². The first-order valence-corrected chi connectivity index (χ1v) is 12.7. The molecule has 8 rings (SSSR count). The van der Waals surface area contributed by atoms with E-state index in [9.17, 15) is 0 Å². The standard InChI is InChI=1S/C34H19N3O2.Pt/c1-3-11-30-26(8-1)27-15-14-22(34-36-29-10-2-4-12-33(29)39-34)21-31(27)37(30)25-19-23(28-9-5-6-16-35-28)18-24(20-25)32-13-7-17-38-32;/h1-18,20H;/q-2;+2. The third kappa shape index (κ3) is 3.98. The Bertz CT molecular complexity index is 2090. The molecule has 0 atom stereocenters. The first-order chi connectivity index (χ1) is 19.3. The van der Waals surface area contributed by atoms with Crippen molar-refractivity contribution in [2.24, 2.45) is 0 Å². The molecular weight excluding hydrogens is 677 g/mol. The summed E-state index contributed by atoms with van der Waals surface area (Å²) in [6.07, 6.45) is 3.48. The minimum Gasteiger partial charge on any atom is -0.481 e. The van der Waals surface area contributed by atoms with Crippen LogP contribution in [0.25, 0.3) is 72.6 Å². The van der Waals surface area contributed by atoms with Gasteiger partial charge < -0.3 is 18.4 Å². The van der Waals surface area contributed by atoms with Crippen LogP contribution in [-0.2, 0) is 21.1 Å². The normalized spacial score (nSPS) is 11.3. The zero-order chi connectivity index (χ0) is 25.8. The summed E-state index contributed by atoms with van der Waals surface area (Å²) in [6.45, 7) is 0. The average molecular weight is 697 g/mol. The van der Waals surface area contributed by atoms with E-state index in [0.717, 1.165) is 66.7 Å². The first kappa shape index (κ1) is 24.3. The molecule has 0 radical (unpaired) electrons. The molecule has 0 spiro atoms. The van der Waals surface area contributed by atoms with Crippen LogP contribution in [0.5, 0.6) is 0 Å². The van der Waals surface area contributed by atoms with Crippen LogP contribution in [0, 0.1) is 12.1 Å². The van der Waals surface area contributed by atoms with E-state index < -0.39 is 0 Å². The van der Waals surface area contributed by atoms with Crippen LogP contribution in [-0.4, -0.2) is 14.5 Å². The number of benzene rings is 4. The topological polar surface area (TPSA) is 57.0 Å². The molecule has 0 aliphatic heterocycles. The molecule has 0 saturated carbocycles. The molecule has 4 heterocycles. The van der Waals surface area contributed by atoms with Crippen molar-refractivity contribution in [1.82, 2.24) is 14.5 Å². The molecule has 5 nitrogen and oxygen atoms in total. The zero-order valence-electron chi connectivity index (χ0n) is 20.9. The summed E-state index contributed by atoms with van der Waals surface area (Å²) in [7, 11) is 0. The van der Waals surface area contributed by atoms with Gasteiger partial charge in [0.1, 0.15) is 17.2 Å². The van der Waals surface area contributed by atoms with Crippen LogP contribution in [0.3, 0.4) is 0 Å². The molecular formula is C34H19N3O2Pt. The van der Waals surface area contributed by atoms with Crippen molar-refractivity contribution in [3.05, 3.63) is 128 Å². The maximum absolute atomic E-state index is 6.09. The molecule has 0 amide bonds. The molecule has 0 fully saturated rings. The van der Waals surface area contributed by atoms with E-state index in [1.807, 2.05) is 60.7 Å². The van der Waals surface area contributed by atoms with Crippen LogP contribution in [0.15, 0.2) is 124 Å². The number of para-hydroxylation sites is 3. The molecule has 8 aromatic rings. The van der Waals surface area contributed by atoms with Crippen molar-refractivity contribution >= 4 is 32.9 Å². The van der Waals surface area contributed by atoms with E-state index in [1.54, 1.807) is 12.5 Å². The van der Waals surface area contributed by atoms with Crippen molar-refractivity contribution in [3.63, 3.8) is 0 Å². The summed E-state index contributed by atoms with van der Waals surface area (Å²) in [5.41, 5.74) is 7.84. The van der Waals surface area contributed by atoms with E-state index in [4.69, 9.17) is 13.8 Å². The van der Waals surface area contributed by atoms with Crippen LogP contribution >= 0.6 is 0 Å². The first-order valence-electron chi connectivity index (χ1n) is 12.7. The average Bonchev–Trinajstić information content (AvgIpc) is 3.75. The van der Waals surface area contributed by atoms with E-state index in [0.29, 0.717) is 5.89 Å². The number of rotatable bonds is 4. The van der Waals surface area contributed by atoms with Crippen LogP contribution < -0.4 is 0 Å². The van der Waals surface area contributed by atoms with Crippen molar-refractivity contribution in [1.29, 1.82) is 0 Å². The van der Waals surface area contributed by atoms with Gasteiger partial charge in [-0.25, -0.2) is 0 Å². The number of oxazole rings is 1. The van der Waals surface area contributed by atoms with Gasteiger partial charge in [-0.15, -0.1) is 42.0 Å². The van der Waals surface area contributed by atoms with E-state index in [1.165, 1.54) is 0 Å². The van der Waals surface area contributed by atoms with Gasteiger partial charge in [0.05, 0.1) is 11.8 Å². The number of furan rings is 1. The summed E-state index contributed by atoms with van der Waals surface area (Å²) in [6, 6.07) is 41.4. The Balaban J connectivity index is 0.00000264. The van der Waals surface area contributed by atoms with Gasteiger partial charge in [0.2, 0.25) is 0 Å². The number of hydrogen-bond acceptors (Lipinski definition) is 4. The van der Waals surface area contributed by atoms with Gasteiger partial charge >= 0.3 is 21.1 Å². The minimum atomic E-state index is 0.